The average molecular weight is 262 g/mol. The van der Waals surface area contributed by atoms with Gasteiger partial charge in [0.25, 0.3) is 0 Å². The van der Waals surface area contributed by atoms with Gasteiger partial charge in [0.15, 0.2) is 12.4 Å². The second kappa shape index (κ2) is 6.17. The minimum absolute atomic E-state index is 0.0855. The van der Waals surface area contributed by atoms with Gasteiger partial charge >= 0.3 is 0 Å². The van der Waals surface area contributed by atoms with Crippen LogP contribution in [0.15, 0.2) is 48.5 Å². The lowest BCUT2D eigenvalue weighted by atomic mass is 10.1. The molecule has 96 valence electrons. The van der Waals surface area contributed by atoms with Crippen LogP contribution in [0.3, 0.4) is 0 Å². The first-order chi connectivity index (χ1) is 9.72. The molecule has 0 unspecified atom stereocenters. The van der Waals surface area contributed by atoms with Crippen molar-refractivity contribution in [2.45, 2.75) is 0 Å². The maximum absolute atomic E-state index is 11.9. The number of hydrogen-bond donors (Lipinski definition) is 0. The van der Waals surface area contributed by atoms with Crippen LogP contribution < -0.4 is 4.74 Å². The predicted molar refractivity (Wildman–Crippen MR) is 72.1 cm³/mol. The number of benzene rings is 2. The van der Waals surface area contributed by atoms with Crippen LogP contribution in [0.25, 0.3) is 0 Å². The van der Waals surface area contributed by atoms with Gasteiger partial charge in [-0.05, 0) is 48.5 Å². The summed E-state index contributed by atoms with van der Waals surface area (Å²) in [5.74, 6) is 0.366. The molecular formula is C16H10N2O2. The van der Waals surface area contributed by atoms with E-state index in [1.165, 1.54) is 0 Å². The molecule has 0 heterocycles. The van der Waals surface area contributed by atoms with Gasteiger partial charge in [0.05, 0.1) is 23.3 Å². The molecule has 4 nitrogen and oxygen atoms in total. The second-order valence-corrected chi connectivity index (χ2v) is 4.04. The Kier molecular flexibility index (Phi) is 4.11. The van der Waals surface area contributed by atoms with E-state index in [1.807, 2.05) is 12.1 Å². The molecule has 4 heteroatoms. The van der Waals surface area contributed by atoms with Gasteiger partial charge in [0.1, 0.15) is 5.75 Å². The monoisotopic (exact) mass is 262 g/mol. The van der Waals surface area contributed by atoms with E-state index in [9.17, 15) is 4.79 Å². The van der Waals surface area contributed by atoms with E-state index in [0.29, 0.717) is 22.4 Å². The molecule has 0 atom stereocenters. The highest BCUT2D eigenvalue weighted by Crippen LogP contribution is 2.12. The zero-order valence-electron chi connectivity index (χ0n) is 10.5. The summed E-state index contributed by atoms with van der Waals surface area (Å²) >= 11 is 0. The number of ether oxygens (including phenoxy) is 1. The third kappa shape index (κ3) is 3.22. The Morgan fingerprint density at radius 3 is 1.90 bits per heavy atom. The number of ketones is 1. The molecule has 2 aromatic carbocycles. The van der Waals surface area contributed by atoms with Gasteiger partial charge in [-0.3, -0.25) is 4.79 Å². The molecular weight excluding hydrogens is 252 g/mol. The normalized spacial score (nSPS) is 9.30. The molecule has 0 saturated heterocycles. The number of hydrogen-bond acceptors (Lipinski definition) is 4. The molecule has 0 aromatic heterocycles. The molecule has 0 amide bonds. The number of nitriles is 2. The fraction of sp³-hybridized carbons (Fsp3) is 0.0625. The van der Waals surface area contributed by atoms with Crippen molar-refractivity contribution in [1.82, 2.24) is 0 Å². The molecule has 2 aromatic rings. The quantitative estimate of drug-likeness (QED) is 0.794. The van der Waals surface area contributed by atoms with Gasteiger partial charge in [-0.15, -0.1) is 0 Å². The van der Waals surface area contributed by atoms with Crippen LogP contribution in [-0.4, -0.2) is 12.4 Å². The summed E-state index contributed by atoms with van der Waals surface area (Å²) in [4.78, 5) is 11.9. The lowest BCUT2D eigenvalue weighted by Crippen LogP contribution is -2.11. The summed E-state index contributed by atoms with van der Waals surface area (Å²) in [6.45, 7) is -0.0855. The highest BCUT2D eigenvalue weighted by molar-refractivity contribution is 5.97. The zero-order valence-corrected chi connectivity index (χ0v) is 10.5. The van der Waals surface area contributed by atoms with Crippen molar-refractivity contribution >= 4 is 5.78 Å². The SMILES string of the molecule is N#Cc1ccc(OCC(=O)c2ccc(C#N)cc2)cc1. The van der Waals surface area contributed by atoms with E-state index in [0.717, 1.165) is 0 Å². The Hall–Kier alpha value is -3.11. The molecule has 0 spiro atoms. The van der Waals surface area contributed by atoms with E-state index in [4.69, 9.17) is 15.3 Å². The standard InChI is InChI=1S/C16H10N2O2/c17-9-12-1-5-14(6-2-12)16(19)11-20-15-7-3-13(10-18)4-8-15/h1-8H,11H2. The first kappa shape index (κ1) is 13.3. The van der Waals surface area contributed by atoms with E-state index in [2.05, 4.69) is 0 Å². The first-order valence-corrected chi connectivity index (χ1v) is 5.89. The molecule has 0 radical (unpaired) electrons. The van der Waals surface area contributed by atoms with Crippen molar-refractivity contribution in [3.8, 4) is 17.9 Å². The van der Waals surface area contributed by atoms with Crippen molar-refractivity contribution < 1.29 is 9.53 Å². The molecule has 0 aliphatic carbocycles. The Balaban J connectivity index is 1.97. The van der Waals surface area contributed by atoms with Gasteiger partial charge in [0, 0.05) is 5.56 Å². The first-order valence-electron chi connectivity index (χ1n) is 5.89. The van der Waals surface area contributed by atoms with Crippen molar-refractivity contribution in [1.29, 1.82) is 10.5 Å². The number of carbonyl (C=O) groups is 1. The molecule has 0 aliphatic heterocycles. The van der Waals surface area contributed by atoms with Crippen LogP contribution in [0.5, 0.6) is 5.75 Å². The third-order valence-corrected chi connectivity index (χ3v) is 2.69. The minimum Gasteiger partial charge on any atom is -0.485 e. The molecule has 0 bridgehead atoms. The lowest BCUT2D eigenvalue weighted by Gasteiger charge is -2.05. The van der Waals surface area contributed by atoms with Crippen LogP contribution in [0.1, 0.15) is 21.5 Å². The lowest BCUT2D eigenvalue weighted by molar-refractivity contribution is 0.0921. The summed E-state index contributed by atoms with van der Waals surface area (Å²) in [6, 6.07) is 16.9. The van der Waals surface area contributed by atoms with Crippen LogP contribution in [0, 0.1) is 22.7 Å². The van der Waals surface area contributed by atoms with Crippen molar-refractivity contribution in [2.75, 3.05) is 6.61 Å². The second-order valence-electron chi connectivity index (χ2n) is 4.04. The van der Waals surface area contributed by atoms with E-state index >= 15 is 0 Å². The zero-order chi connectivity index (χ0) is 14.4. The van der Waals surface area contributed by atoms with Gasteiger partial charge < -0.3 is 4.74 Å². The largest absolute Gasteiger partial charge is 0.485 e. The molecule has 20 heavy (non-hydrogen) atoms. The molecule has 0 aliphatic rings. The number of Topliss-reactive ketones (excluding diaryl/α,β-unsaturated/α-hetero) is 1. The van der Waals surface area contributed by atoms with Crippen LogP contribution >= 0.6 is 0 Å². The summed E-state index contributed by atoms with van der Waals surface area (Å²) in [5.41, 5.74) is 1.54. The Morgan fingerprint density at radius 2 is 1.40 bits per heavy atom. The maximum atomic E-state index is 11.9. The fourth-order valence-electron chi connectivity index (χ4n) is 1.59. The number of carbonyl (C=O) groups excluding carboxylic acids is 1. The Labute approximate surface area is 116 Å². The van der Waals surface area contributed by atoms with Crippen molar-refractivity contribution in [3.05, 3.63) is 65.2 Å². The van der Waals surface area contributed by atoms with Gasteiger partial charge in [0.2, 0.25) is 0 Å². The van der Waals surface area contributed by atoms with Crippen LogP contribution in [0.4, 0.5) is 0 Å². The number of rotatable bonds is 4. The summed E-state index contributed by atoms with van der Waals surface area (Å²) in [7, 11) is 0. The molecule has 0 saturated carbocycles. The molecule has 2 rings (SSSR count). The van der Waals surface area contributed by atoms with Gasteiger partial charge in [-0.2, -0.15) is 10.5 Å². The molecule has 0 fully saturated rings. The van der Waals surface area contributed by atoms with Gasteiger partial charge in [-0.25, -0.2) is 0 Å². The predicted octanol–water partition coefficient (Wildman–Crippen LogP) is 2.69. The Bertz CT molecular complexity index is 689. The van der Waals surface area contributed by atoms with Crippen LogP contribution in [0.2, 0.25) is 0 Å². The summed E-state index contributed by atoms with van der Waals surface area (Å²) < 4.78 is 5.35. The van der Waals surface area contributed by atoms with Gasteiger partial charge in [-0.1, -0.05) is 0 Å². The average Bonchev–Trinajstić information content (AvgIpc) is 2.53. The van der Waals surface area contributed by atoms with Crippen molar-refractivity contribution in [2.24, 2.45) is 0 Å². The maximum Gasteiger partial charge on any atom is 0.200 e. The van der Waals surface area contributed by atoms with E-state index < -0.39 is 0 Å². The summed E-state index contributed by atoms with van der Waals surface area (Å²) in [5, 5.41) is 17.3. The summed E-state index contributed by atoms with van der Waals surface area (Å²) in [6.07, 6.45) is 0. The molecule has 0 N–H and O–H groups in total. The van der Waals surface area contributed by atoms with E-state index in [-0.39, 0.29) is 12.4 Å². The third-order valence-electron chi connectivity index (χ3n) is 2.69. The minimum atomic E-state index is -0.168. The fourth-order valence-corrected chi connectivity index (χ4v) is 1.59. The highest BCUT2D eigenvalue weighted by atomic mass is 16.5. The van der Waals surface area contributed by atoms with Crippen molar-refractivity contribution in [3.63, 3.8) is 0 Å². The highest BCUT2D eigenvalue weighted by Gasteiger charge is 2.07. The van der Waals surface area contributed by atoms with Crippen LogP contribution in [-0.2, 0) is 0 Å². The number of nitrogens with zero attached hydrogens (tertiary/aromatic N) is 2. The Morgan fingerprint density at radius 1 is 0.900 bits per heavy atom. The van der Waals surface area contributed by atoms with E-state index in [1.54, 1.807) is 48.5 Å². The smallest absolute Gasteiger partial charge is 0.200 e. The topological polar surface area (TPSA) is 73.9 Å².